The molecule has 0 fully saturated rings. The summed E-state index contributed by atoms with van der Waals surface area (Å²) in [6.07, 6.45) is 0.676. The summed E-state index contributed by atoms with van der Waals surface area (Å²) in [5.74, 6) is -2.05. The molecule has 1 aromatic heterocycles. The van der Waals surface area contributed by atoms with E-state index < -0.39 is 30.6 Å². The number of thiazole rings is 1. The minimum atomic E-state index is -1.40. The van der Waals surface area contributed by atoms with Gasteiger partial charge < -0.3 is 25.6 Å². The van der Waals surface area contributed by atoms with E-state index in [0.717, 1.165) is 33.6 Å². The molecule has 33 heavy (non-hydrogen) atoms. The molecule has 4 rings (SSSR count). The molecule has 0 saturated carbocycles. The van der Waals surface area contributed by atoms with Gasteiger partial charge in [-0.05, 0) is 22.3 Å². The third-order valence-corrected chi connectivity index (χ3v) is 6.29. The fourth-order valence-corrected chi connectivity index (χ4v) is 4.47. The van der Waals surface area contributed by atoms with E-state index in [-0.39, 0.29) is 23.9 Å². The highest BCUT2D eigenvalue weighted by molar-refractivity contribution is 7.13. The number of aliphatic hydroxyl groups is 1. The number of fused-ring (bicyclic) bond motifs is 3. The molecule has 0 bridgehead atoms. The third-order valence-electron chi connectivity index (χ3n) is 5.29. The second-order valence-electron chi connectivity index (χ2n) is 7.34. The van der Waals surface area contributed by atoms with E-state index in [1.54, 1.807) is 0 Å². The lowest BCUT2D eigenvalue weighted by Crippen LogP contribution is -2.43. The zero-order valence-corrected chi connectivity index (χ0v) is 18.2. The van der Waals surface area contributed by atoms with Crippen LogP contribution in [-0.2, 0) is 16.1 Å². The maximum Gasteiger partial charge on any atom is 0.407 e. The van der Waals surface area contributed by atoms with Gasteiger partial charge >= 0.3 is 12.1 Å². The largest absolute Gasteiger partial charge is 0.480 e. The smallest absolute Gasteiger partial charge is 0.407 e. The van der Waals surface area contributed by atoms with Gasteiger partial charge in [0.1, 0.15) is 16.5 Å². The molecular weight excluding hydrogens is 446 g/mol. The molecule has 0 spiro atoms. The first kappa shape index (κ1) is 22.4. The average Bonchev–Trinajstić information content (AvgIpc) is 3.42. The summed E-state index contributed by atoms with van der Waals surface area (Å²) < 4.78 is 5.46. The maximum absolute atomic E-state index is 12.3. The number of rotatable bonds is 8. The quantitative estimate of drug-likeness (QED) is 0.399. The zero-order valence-electron chi connectivity index (χ0n) is 17.4. The second-order valence-corrected chi connectivity index (χ2v) is 8.46. The maximum atomic E-state index is 12.3. The van der Waals surface area contributed by atoms with Crippen LogP contribution in [0, 0.1) is 0 Å². The van der Waals surface area contributed by atoms with Crippen LogP contribution >= 0.6 is 11.3 Å². The Balaban J connectivity index is 1.31. The van der Waals surface area contributed by atoms with Gasteiger partial charge in [-0.2, -0.15) is 0 Å². The molecule has 1 aliphatic carbocycles. The van der Waals surface area contributed by atoms with Crippen molar-refractivity contribution in [2.45, 2.75) is 18.5 Å². The van der Waals surface area contributed by atoms with E-state index in [9.17, 15) is 14.4 Å². The first-order valence-electron chi connectivity index (χ1n) is 10.2. The zero-order chi connectivity index (χ0) is 23.4. The van der Waals surface area contributed by atoms with E-state index in [4.69, 9.17) is 14.9 Å². The SMILES string of the molecule is O=C(NCc1ncc(C(=O)NC(CO)C(=O)O)s1)OCC1c2ccccc2-c2ccccc21. The Morgan fingerprint density at radius 1 is 1.06 bits per heavy atom. The predicted octanol–water partition coefficient (Wildman–Crippen LogP) is 2.36. The Hall–Kier alpha value is -3.76. The number of aliphatic carboxylic acids is 1. The van der Waals surface area contributed by atoms with Crippen LogP contribution in [0.25, 0.3) is 11.1 Å². The normalized spacial score (nSPS) is 13.0. The molecule has 0 saturated heterocycles. The van der Waals surface area contributed by atoms with E-state index in [2.05, 4.69) is 27.8 Å². The lowest BCUT2D eigenvalue weighted by molar-refractivity contribution is -0.140. The predicted molar refractivity (Wildman–Crippen MR) is 120 cm³/mol. The van der Waals surface area contributed by atoms with Crippen LogP contribution in [0.4, 0.5) is 4.79 Å². The molecule has 10 heteroatoms. The molecule has 0 aliphatic heterocycles. The number of hydrogen-bond donors (Lipinski definition) is 4. The number of carboxylic acids is 1. The lowest BCUT2D eigenvalue weighted by Gasteiger charge is -2.14. The summed E-state index contributed by atoms with van der Waals surface area (Å²) >= 11 is 1.00. The lowest BCUT2D eigenvalue weighted by atomic mass is 9.98. The number of carbonyl (C=O) groups is 3. The molecule has 1 aliphatic rings. The van der Waals surface area contributed by atoms with Gasteiger partial charge in [0, 0.05) is 5.92 Å². The van der Waals surface area contributed by atoms with Crippen LogP contribution in [0.1, 0.15) is 31.7 Å². The van der Waals surface area contributed by atoms with Gasteiger partial charge in [0.05, 0.1) is 19.3 Å². The van der Waals surface area contributed by atoms with Crippen LogP contribution in [0.15, 0.2) is 54.7 Å². The molecule has 1 heterocycles. The highest BCUT2D eigenvalue weighted by Crippen LogP contribution is 2.44. The number of nitrogens with one attached hydrogen (secondary N) is 2. The van der Waals surface area contributed by atoms with Gasteiger partial charge in [-0.3, -0.25) is 4.79 Å². The van der Waals surface area contributed by atoms with Gasteiger partial charge in [0.15, 0.2) is 6.04 Å². The molecule has 0 radical (unpaired) electrons. The number of carboxylic acid groups (broad SMARTS) is 1. The van der Waals surface area contributed by atoms with Crippen molar-refractivity contribution in [1.82, 2.24) is 15.6 Å². The van der Waals surface area contributed by atoms with E-state index >= 15 is 0 Å². The first-order chi connectivity index (χ1) is 16.0. The number of carbonyl (C=O) groups excluding carboxylic acids is 2. The van der Waals surface area contributed by atoms with Crippen LogP contribution in [0.2, 0.25) is 0 Å². The summed E-state index contributed by atoms with van der Waals surface area (Å²) in [6.45, 7) is -0.490. The highest BCUT2D eigenvalue weighted by atomic mass is 32.1. The van der Waals surface area contributed by atoms with Crippen LogP contribution in [0.3, 0.4) is 0 Å². The fourth-order valence-electron chi connectivity index (χ4n) is 3.71. The van der Waals surface area contributed by atoms with E-state index in [1.165, 1.54) is 6.20 Å². The van der Waals surface area contributed by atoms with Gasteiger partial charge in [-0.1, -0.05) is 48.5 Å². The van der Waals surface area contributed by atoms with Gasteiger partial charge in [0.2, 0.25) is 0 Å². The van der Waals surface area contributed by atoms with Crippen molar-refractivity contribution in [1.29, 1.82) is 0 Å². The summed E-state index contributed by atoms with van der Waals surface area (Å²) in [4.78, 5) is 39.5. The topological polar surface area (TPSA) is 138 Å². The van der Waals surface area contributed by atoms with Crippen molar-refractivity contribution in [3.05, 3.63) is 75.7 Å². The molecule has 9 nitrogen and oxygen atoms in total. The molecule has 4 N–H and O–H groups in total. The molecule has 2 amide bonds. The van der Waals surface area contributed by atoms with Crippen LogP contribution in [0.5, 0.6) is 0 Å². The Labute approximate surface area is 193 Å². The molecule has 3 aromatic rings. The number of benzene rings is 2. The standard InChI is InChI=1S/C23H21N3O6S/c27-11-18(22(29)30)26-21(28)19-9-24-20(33-19)10-25-23(31)32-12-17-15-7-3-1-5-13(15)14-6-2-4-8-16(14)17/h1-9,17-18,27H,10-12H2,(H,25,31)(H,26,28)(H,29,30). The van der Waals surface area contributed by atoms with Crippen molar-refractivity contribution in [2.75, 3.05) is 13.2 Å². The molecular formula is C23H21N3O6S. The van der Waals surface area contributed by atoms with E-state index in [1.807, 2.05) is 36.4 Å². The second kappa shape index (κ2) is 9.80. The number of aromatic nitrogens is 1. The summed E-state index contributed by atoms with van der Waals surface area (Å²) in [6, 6.07) is 14.7. The Morgan fingerprint density at radius 2 is 1.70 bits per heavy atom. The van der Waals surface area contributed by atoms with Crippen molar-refractivity contribution < 1.29 is 29.3 Å². The minimum Gasteiger partial charge on any atom is -0.480 e. The first-order valence-corrected chi connectivity index (χ1v) is 11.0. The summed E-state index contributed by atoms with van der Waals surface area (Å²) in [7, 11) is 0. The monoisotopic (exact) mass is 467 g/mol. The molecule has 1 unspecified atom stereocenters. The Morgan fingerprint density at radius 3 is 2.30 bits per heavy atom. The van der Waals surface area contributed by atoms with Crippen molar-refractivity contribution in [3.8, 4) is 11.1 Å². The van der Waals surface area contributed by atoms with Gasteiger partial charge in [0.25, 0.3) is 5.91 Å². The number of hydrogen-bond acceptors (Lipinski definition) is 7. The molecule has 170 valence electrons. The average molecular weight is 468 g/mol. The number of amides is 2. The number of ether oxygens (including phenoxy) is 1. The third kappa shape index (κ3) is 4.86. The van der Waals surface area contributed by atoms with Gasteiger partial charge in [-0.15, -0.1) is 11.3 Å². The summed E-state index contributed by atoms with van der Waals surface area (Å²) in [5, 5.41) is 23.2. The van der Waals surface area contributed by atoms with Crippen molar-refractivity contribution in [3.63, 3.8) is 0 Å². The summed E-state index contributed by atoms with van der Waals surface area (Å²) in [5.41, 5.74) is 4.51. The number of alkyl carbamates (subject to hydrolysis) is 1. The minimum absolute atomic E-state index is 0.0491. The highest BCUT2D eigenvalue weighted by Gasteiger charge is 2.29. The Kier molecular flexibility index (Phi) is 6.66. The van der Waals surface area contributed by atoms with Crippen LogP contribution < -0.4 is 10.6 Å². The molecule has 2 aromatic carbocycles. The van der Waals surface area contributed by atoms with Crippen molar-refractivity contribution >= 4 is 29.3 Å². The fraction of sp³-hybridized carbons (Fsp3) is 0.217. The Bertz CT molecular complexity index is 1150. The van der Waals surface area contributed by atoms with Crippen molar-refractivity contribution in [2.24, 2.45) is 0 Å². The van der Waals surface area contributed by atoms with E-state index in [0.29, 0.717) is 5.01 Å². The van der Waals surface area contributed by atoms with Gasteiger partial charge in [-0.25, -0.2) is 14.6 Å². The molecule has 1 atom stereocenters. The number of nitrogens with zero attached hydrogens (tertiary/aromatic N) is 1. The van der Waals surface area contributed by atoms with Crippen LogP contribution in [-0.4, -0.2) is 52.4 Å². The number of aliphatic hydroxyl groups excluding tert-OH is 1.